The van der Waals surface area contributed by atoms with E-state index in [1.54, 1.807) is 6.20 Å². The number of hydrogen-bond acceptors (Lipinski definition) is 5. The molecule has 7 heteroatoms. The average Bonchev–Trinajstić information content (AvgIpc) is 3.12. The summed E-state index contributed by atoms with van der Waals surface area (Å²) >= 11 is 0. The van der Waals surface area contributed by atoms with Gasteiger partial charge in [-0.15, -0.1) is 0 Å². The Balaban J connectivity index is 1.48. The Kier molecular flexibility index (Phi) is 4.63. The van der Waals surface area contributed by atoms with Crippen LogP contribution in [0.2, 0.25) is 0 Å². The van der Waals surface area contributed by atoms with Crippen LogP contribution in [0, 0.1) is 0 Å². The van der Waals surface area contributed by atoms with Crippen LogP contribution in [0.5, 0.6) is 11.5 Å². The molecule has 1 fully saturated rings. The molecular weight excluding hydrogens is 392 g/mol. The zero-order valence-corrected chi connectivity index (χ0v) is 16.6. The fraction of sp³-hybridized carbons (Fsp3) is 0.125. The summed E-state index contributed by atoms with van der Waals surface area (Å²) in [4.78, 5) is 20.0. The summed E-state index contributed by atoms with van der Waals surface area (Å²) in [6.45, 7) is 0. The third-order valence-corrected chi connectivity index (χ3v) is 5.43. The Morgan fingerprint density at radius 2 is 1.81 bits per heavy atom. The fourth-order valence-corrected chi connectivity index (χ4v) is 3.93. The van der Waals surface area contributed by atoms with Crippen LogP contribution in [0.1, 0.15) is 24.6 Å². The lowest BCUT2D eigenvalue weighted by molar-refractivity contribution is -0.131. The number of anilines is 1. The predicted molar refractivity (Wildman–Crippen MR) is 117 cm³/mol. The van der Waals surface area contributed by atoms with Crippen molar-refractivity contribution in [2.45, 2.75) is 18.8 Å². The van der Waals surface area contributed by atoms with Gasteiger partial charge in [0.05, 0.1) is 0 Å². The topological polar surface area (TPSA) is 103 Å². The summed E-state index contributed by atoms with van der Waals surface area (Å²) in [6.07, 6.45) is 6.15. The van der Waals surface area contributed by atoms with E-state index in [0.29, 0.717) is 18.7 Å². The summed E-state index contributed by atoms with van der Waals surface area (Å²) < 4.78 is 7.84. The highest BCUT2D eigenvalue weighted by Gasteiger charge is 2.30. The molecule has 0 radical (unpaired) electrons. The molecule has 1 saturated carbocycles. The van der Waals surface area contributed by atoms with E-state index in [2.05, 4.69) is 4.98 Å². The molecule has 2 aromatic heterocycles. The Bertz CT molecular complexity index is 1290. The molecule has 0 spiro atoms. The van der Waals surface area contributed by atoms with Crippen LogP contribution >= 0.6 is 0 Å². The fourth-order valence-electron chi connectivity index (χ4n) is 3.93. The van der Waals surface area contributed by atoms with Crippen molar-refractivity contribution in [2.75, 3.05) is 5.73 Å². The van der Waals surface area contributed by atoms with Gasteiger partial charge in [0, 0.05) is 30.0 Å². The van der Waals surface area contributed by atoms with Gasteiger partial charge in [0.25, 0.3) is 0 Å². The van der Waals surface area contributed by atoms with E-state index in [-0.39, 0.29) is 5.92 Å². The second-order valence-corrected chi connectivity index (χ2v) is 7.54. The molecule has 2 heterocycles. The average molecular weight is 412 g/mol. The second kappa shape index (κ2) is 7.60. The summed E-state index contributed by atoms with van der Waals surface area (Å²) in [5, 5.41) is 8.95. The number of aromatic nitrogens is 3. The van der Waals surface area contributed by atoms with Gasteiger partial charge in [-0.2, -0.15) is 0 Å². The highest BCUT2D eigenvalue weighted by atomic mass is 16.5. The van der Waals surface area contributed by atoms with Gasteiger partial charge in [-0.05, 0) is 49.2 Å². The number of hydrogen-bond donors (Lipinski definition) is 2. The van der Waals surface area contributed by atoms with Gasteiger partial charge in [0.15, 0.2) is 0 Å². The minimum Gasteiger partial charge on any atom is -0.478 e. The maximum atomic E-state index is 10.9. The van der Waals surface area contributed by atoms with Crippen molar-refractivity contribution < 1.29 is 14.6 Å². The maximum absolute atomic E-state index is 10.9. The van der Waals surface area contributed by atoms with Gasteiger partial charge in [0.2, 0.25) is 0 Å². The first kappa shape index (κ1) is 18.9. The Morgan fingerprint density at radius 1 is 1.10 bits per heavy atom. The van der Waals surface area contributed by atoms with Crippen LogP contribution in [0.4, 0.5) is 5.82 Å². The minimum atomic E-state index is -0.909. The number of para-hydroxylation sites is 1. The number of benzene rings is 2. The number of carboxylic acids is 1. The first-order valence-electron chi connectivity index (χ1n) is 9.96. The highest BCUT2D eigenvalue weighted by Crippen LogP contribution is 2.42. The zero-order chi connectivity index (χ0) is 21.4. The van der Waals surface area contributed by atoms with Crippen molar-refractivity contribution in [1.29, 1.82) is 0 Å². The lowest BCUT2D eigenvalue weighted by atomic mass is 9.79. The molecule has 154 valence electrons. The second-order valence-electron chi connectivity index (χ2n) is 7.54. The largest absolute Gasteiger partial charge is 0.478 e. The molecule has 2 aromatic carbocycles. The van der Waals surface area contributed by atoms with Crippen molar-refractivity contribution in [3.05, 3.63) is 84.5 Å². The van der Waals surface area contributed by atoms with Crippen LogP contribution in [-0.4, -0.2) is 25.4 Å². The molecule has 4 aromatic rings. The molecule has 0 saturated heterocycles. The molecule has 7 nitrogen and oxygen atoms in total. The van der Waals surface area contributed by atoms with E-state index in [1.165, 1.54) is 6.08 Å². The highest BCUT2D eigenvalue weighted by molar-refractivity contribution is 5.85. The number of nitrogens with zero attached hydrogens (tertiary/aromatic N) is 3. The van der Waals surface area contributed by atoms with E-state index in [4.69, 9.17) is 20.6 Å². The van der Waals surface area contributed by atoms with Crippen LogP contribution in [0.3, 0.4) is 0 Å². The van der Waals surface area contributed by atoms with E-state index >= 15 is 0 Å². The molecule has 31 heavy (non-hydrogen) atoms. The monoisotopic (exact) mass is 412 g/mol. The molecule has 0 aliphatic heterocycles. The standard InChI is InChI=1S/C24H20N4O3/c25-23-22-21(16-6-8-19(9-7-16)31-18-4-2-1-3-5-18)27-24(28(22)11-10-26-23)17-12-15(13-17)14-20(29)30/h1-11,14,17H,12-13H2,(H2,25,26)(H,29,30). The predicted octanol–water partition coefficient (Wildman–Crippen LogP) is 4.66. The number of ether oxygens (including phenoxy) is 1. The molecule has 0 bridgehead atoms. The lowest BCUT2D eigenvalue weighted by Crippen LogP contribution is -2.17. The van der Waals surface area contributed by atoms with Gasteiger partial charge in [-0.3, -0.25) is 4.40 Å². The Hall–Kier alpha value is -4.13. The van der Waals surface area contributed by atoms with Gasteiger partial charge in [0.1, 0.15) is 34.4 Å². The van der Waals surface area contributed by atoms with Gasteiger partial charge < -0.3 is 15.6 Å². The number of nitrogens with two attached hydrogens (primary N) is 1. The van der Waals surface area contributed by atoms with Gasteiger partial charge in [-0.25, -0.2) is 14.8 Å². The Labute approximate surface area is 178 Å². The molecule has 0 amide bonds. The van der Waals surface area contributed by atoms with Crippen LogP contribution in [0.25, 0.3) is 16.8 Å². The summed E-state index contributed by atoms with van der Waals surface area (Å²) in [6, 6.07) is 17.3. The number of imidazole rings is 1. The summed E-state index contributed by atoms with van der Waals surface area (Å²) in [5.74, 6) is 2.01. The van der Waals surface area contributed by atoms with Crippen LogP contribution < -0.4 is 10.5 Å². The number of rotatable bonds is 5. The number of carbonyl (C=O) groups is 1. The quantitative estimate of drug-likeness (QED) is 0.462. The molecular formula is C24H20N4O3. The third kappa shape index (κ3) is 3.61. The number of fused-ring (bicyclic) bond motifs is 1. The van der Waals surface area contributed by atoms with E-state index in [0.717, 1.165) is 39.7 Å². The van der Waals surface area contributed by atoms with Crippen molar-refractivity contribution in [1.82, 2.24) is 14.4 Å². The van der Waals surface area contributed by atoms with Crippen molar-refractivity contribution >= 4 is 17.3 Å². The third-order valence-electron chi connectivity index (χ3n) is 5.43. The first-order valence-corrected chi connectivity index (χ1v) is 9.96. The van der Waals surface area contributed by atoms with E-state index in [1.807, 2.05) is 65.2 Å². The zero-order valence-electron chi connectivity index (χ0n) is 16.6. The SMILES string of the molecule is Nc1nccn2c(C3CC(=CC(=O)O)C3)nc(-c3ccc(Oc4ccccc4)cc3)c12. The number of nitrogen functional groups attached to an aromatic ring is 1. The van der Waals surface area contributed by atoms with Crippen LogP contribution in [0.15, 0.2) is 78.6 Å². The van der Waals surface area contributed by atoms with Crippen LogP contribution in [-0.2, 0) is 4.79 Å². The van der Waals surface area contributed by atoms with E-state index < -0.39 is 5.97 Å². The molecule has 1 aliphatic carbocycles. The van der Waals surface area contributed by atoms with Crippen molar-refractivity contribution in [3.63, 3.8) is 0 Å². The van der Waals surface area contributed by atoms with Crippen molar-refractivity contribution in [3.8, 4) is 22.8 Å². The van der Waals surface area contributed by atoms with Crippen molar-refractivity contribution in [2.24, 2.45) is 0 Å². The molecule has 3 N–H and O–H groups in total. The lowest BCUT2D eigenvalue weighted by Gasteiger charge is -2.27. The number of allylic oxidation sites excluding steroid dienone is 1. The molecule has 1 aliphatic rings. The summed E-state index contributed by atoms with van der Waals surface area (Å²) in [7, 11) is 0. The molecule has 0 unspecified atom stereocenters. The number of aliphatic carboxylic acids is 1. The van der Waals surface area contributed by atoms with Gasteiger partial charge >= 0.3 is 5.97 Å². The normalized spacial score (nSPS) is 15.5. The van der Waals surface area contributed by atoms with E-state index in [9.17, 15) is 4.79 Å². The molecule has 0 atom stereocenters. The maximum Gasteiger partial charge on any atom is 0.328 e. The number of carboxylic acid groups (broad SMARTS) is 1. The molecule has 5 rings (SSSR count). The summed E-state index contributed by atoms with van der Waals surface area (Å²) in [5.41, 5.74) is 9.54. The Morgan fingerprint density at radius 3 is 2.52 bits per heavy atom. The smallest absolute Gasteiger partial charge is 0.328 e. The van der Waals surface area contributed by atoms with Gasteiger partial charge in [-0.1, -0.05) is 23.8 Å². The first-order chi connectivity index (χ1) is 15.1. The minimum absolute atomic E-state index is 0.148.